The van der Waals surface area contributed by atoms with Crippen molar-refractivity contribution in [2.45, 2.75) is 106 Å². The predicted molar refractivity (Wildman–Crippen MR) is 261 cm³/mol. The molecule has 17 nitrogen and oxygen atoms in total. The fourth-order valence-electron chi connectivity index (χ4n) is 9.43. The smallest absolute Gasteiger partial charge is 1.00 e. The molecule has 2 heterocycles. The molecule has 72 heavy (non-hydrogen) atoms. The van der Waals surface area contributed by atoms with Crippen molar-refractivity contribution in [3.8, 4) is 5.75 Å². The molecule has 0 aromatic heterocycles. The molecule has 0 amide bonds. The van der Waals surface area contributed by atoms with Crippen LogP contribution >= 0.6 is 0 Å². The molecule has 0 spiro atoms. The first kappa shape index (κ1) is 58.7. The van der Waals surface area contributed by atoms with Gasteiger partial charge in [-0.05, 0) is 130 Å². The number of halogens is 2. The third-order valence-corrected chi connectivity index (χ3v) is 16.2. The quantitative estimate of drug-likeness (QED) is 0.0473. The minimum atomic E-state index is -4.89. The largest absolute Gasteiger partial charge is 1.00 e. The van der Waals surface area contributed by atoms with E-state index in [4.69, 9.17) is 9.84 Å². The van der Waals surface area contributed by atoms with E-state index < -0.39 is 90.9 Å². The summed E-state index contributed by atoms with van der Waals surface area (Å²) >= 11 is 0. The number of unbranched alkanes of at least 4 members (excludes halogenated alkanes) is 2. The molecule has 4 N–H and O–H groups in total. The summed E-state index contributed by atoms with van der Waals surface area (Å²) in [6.45, 7) is 7.37. The van der Waals surface area contributed by atoms with Crippen LogP contribution in [0, 0.1) is 11.6 Å². The van der Waals surface area contributed by atoms with E-state index in [-0.39, 0.29) is 118 Å². The first-order valence-electron chi connectivity index (χ1n) is 22.6. The molecule has 0 fully saturated rings. The Labute approximate surface area is 442 Å². The van der Waals surface area contributed by atoms with Crippen molar-refractivity contribution in [3.63, 3.8) is 0 Å². The molecule has 0 saturated carbocycles. The number of hydrogen-bond acceptors (Lipinski definition) is 12. The first-order chi connectivity index (χ1) is 32.9. The average molecular weight is 1090 g/mol. The topological polar surface area (TPSA) is 273 Å². The van der Waals surface area contributed by atoms with Crippen LogP contribution in [0.5, 0.6) is 5.75 Å². The van der Waals surface area contributed by atoms with Crippen LogP contribution in [-0.2, 0) is 56.1 Å². The van der Waals surface area contributed by atoms with Gasteiger partial charge in [-0.3, -0.25) is 18.5 Å². The summed E-state index contributed by atoms with van der Waals surface area (Å²) in [7, 11) is -18.1. The fraction of sp³-hybridized carbons (Fsp3) is 0.417. The molecule has 24 heteroatoms. The Morgan fingerprint density at radius 2 is 1.44 bits per heavy atom. The zero-order valence-electron chi connectivity index (χ0n) is 41.4. The van der Waals surface area contributed by atoms with Crippen LogP contribution in [0.25, 0.3) is 5.57 Å². The van der Waals surface area contributed by atoms with E-state index in [1.165, 1.54) is 36.4 Å². The summed E-state index contributed by atoms with van der Waals surface area (Å²) in [6.07, 6.45) is 8.23. The normalized spacial score (nSPS) is 18.0. The van der Waals surface area contributed by atoms with Crippen molar-refractivity contribution in [1.82, 2.24) is 0 Å². The van der Waals surface area contributed by atoms with Gasteiger partial charge in [-0.15, -0.1) is 0 Å². The van der Waals surface area contributed by atoms with Gasteiger partial charge in [0.1, 0.15) is 22.5 Å². The van der Waals surface area contributed by atoms with Gasteiger partial charge in [-0.25, -0.2) is 17.2 Å². The second kappa shape index (κ2) is 22.8. The number of carboxylic acid groups (broad SMARTS) is 1. The zero-order chi connectivity index (χ0) is 52.5. The Morgan fingerprint density at radius 3 is 2.07 bits per heavy atom. The molecular weight excluding hydrogens is 1030 g/mol. The monoisotopic (exact) mass is 1090 g/mol. The summed E-state index contributed by atoms with van der Waals surface area (Å²) in [5.41, 5.74) is 1.77. The number of allylic oxidation sites excluding steroid dienone is 8. The molecule has 0 unspecified atom stereocenters. The molecule has 0 atom stereocenters. The minimum absolute atomic E-state index is 0. The number of rotatable bonds is 21. The van der Waals surface area contributed by atoms with Crippen LogP contribution < -0.4 is 39.2 Å². The molecular formula is C48H57F2N2NaO15S4. The van der Waals surface area contributed by atoms with Gasteiger partial charge in [0.25, 0.3) is 30.4 Å². The van der Waals surface area contributed by atoms with Crippen LogP contribution in [0.3, 0.4) is 0 Å². The van der Waals surface area contributed by atoms with Gasteiger partial charge in [0, 0.05) is 53.9 Å². The summed E-state index contributed by atoms with van der Waals surface area (Å²) in [6, 6.07) is 10.1. The summed E-state index contributed by atoms with van der Waals surface area (Å²) in [5, 5.41) is 9.14. The summed E-state index contributed by atoms with van der Waals surface area (Å²) < 4.78 is 177. The van der Waals surface area contributed by atoms with Crippen molar-refractivity contribution in [2.75, 3.05) is 36.1 Å². The first-order valence-corrected chi connectivity index (χ1v) is 28.7. The zero-order valence-corrected chi connectivity index (χ0v) is 45.7. The molecule has 388 valence electrons. The Morgan fingerprint density at radius 1 is 0.806 bits per heavy atom. The fourth-order valence-corrected chi connectivity index (χ4v) is 11.6. The van der Waals surface area contributed by atoms with E-state index in [1.54, 1.807) is 52.0 Å². The van der Waals surface area contributed by atoms with Crippen LogP contribution in [0.4, 0.5) is 20.2 Å². The van der Waals surface area contributed by atoms with Gasteiger partial charge in [0.05, 0.1) is 38.9 Å². The molecule has 0 saturated heterocycles. The Hall–Kier alpha value is -4.14. The number of nitrogens with zero attached hydrogens (tertiary/aromatic N) is 2. The van der Waals surface area contributed by atoms with Gasteiger partial charge >= 0.3 is 35.5 Å². The number of carboxylic acids is 1. The standard InChI is InChI=1S/C48H56F2N2O15S4.Na.H/c1-47(2)35-29-33(70(61,62)63)16-19-38(35)51(24-5-7-27-68(55,56)57)41(47)22-14-31-11-9-12-32(44(31)45-37(49)18-21-40(46(45)50)67-26-10-13-43(53)54)15-23-42-48(3,4)36-30-34(71(64,65)66)17-20-39(36)52(42)25-6-8-28-69(58,59)60;;/h14-23,29-30H,5-13,24-28H2,1-4H3,(H4-,53,54,55,56,57,58,59,60,61,62,63,64,65,66);;/q;+1;-1. The van der Waals surface area contributed by atoms with Gasteiger partial charge in [0.15, 0.2) is 17.3 Å². The molecule has 1 aliphatic carbocycles. The summed E-state index contributed by atoms with van der Waals surface area (Å²) in [4.78, 5) is 12.2. The molecule has 3 aliphatic rings. The van der Waals surface area contributed by atoms with E-state index in [0.29, 0.717) is 51.5 Å². The SMILES string of the molecule is CC1(C)C(=CC=C2CCCC(C=CC3=[N+](CCCCS(=O)(=O)O)c4ccc(S(=O)(=O)[O-])cc4C3(C)C)=C2c2c(F)ccc(OCCCC(=O)O)c2F)N(CCCCS(=O)(=O)O)c2ccc(S(=O)(=O)O)cc21.[H-].[Na+]. The maximum Gasteiger partial charge on any atom is 1.00 e. The Kier molecular flexibility index (Phi) is 18.6. The molecule has 6 rings (SSSR count). The van der Waals surface area contributed by atoms with E-state index in [9.17, 15) is 56.7 Å². The molecule has 2 aliphatic heterocycles. The van der Waals surface area contributed by atoms with E-state index in [0.717, 1.165) is 12.1 Å². The van der Waals surface area contributed by atoms with Gasteiger partial charge in [0.2, 0.25) is 5.69 Å². The maximum absolute atomic E-state index is 17.0. The summed E-state index contributed by atoms with van der Waals surface area (Å²) in [5.74, 6) is -4.49. The van der Waals surface area contributed by atoms with Gasteiger partial charge in [-0.1, -0.05) is 26.0 Å². The van der Waals surface area contributed by atoms with E-state index in [1.807, 2.05) is 9.48 Å². The van der Waals surface area contributed by atoms with Crippen molar-refractivity contribution in [3.05, 3.63) is 118 Å². The molecule has 0 radical (unpaired) electrons. The number of aliphatic carboxylic acids is 1. The van der Waals surface area contributed by atoms with Crippen molar-refractivity contribution in [2.24, 2.45) is 0 Å². The van der Waals surface area contributed by atoms with Crippen LogP contribution in [-0.4, -0.2) is 104 Å². The number of ether oxygens (including phenoxy) is 1. The molecule has 0 bridgehead atoms. The van der Waals surface area contributed by atoms with Crippen LogP contribution in [0.1, 0.15) is 104 Å². The van der Waals surface area contributed by atoms with E-state index in [2.05, 4.69) is 0 Å². The molecule has 3 aromatic rings. The predicted octanol–water partition coefficient (Wildman–Crippen LogP) is 4.99. The number of hydrogen-bond donors (Lipinski definition) is 4. The third-order valence-electron chi connectivity index (χ3n) is 12.9. The number of benzene rings is 3. The maximum atomic E-state index is 17.0. The van der Waals surface area contributed by atoms with Crippen LogP contribution in [0.15, 0.2) is 99.5 Å². The second-order valence-electron chi connectivity index (χ2n) is 18.6. The van der Waals surface area contributed by atoms with Gasteiger partial charge in [-0.2, -0.15) is 29.8 Å². The van der Waals surface area contributed by atoms with E-state index >= 15 is 8.78 Å². The van der Waals surface area contributed by atoms with Crippen LogP contribution in [0.2, 0.25) is 0 Å². The number of carbonyl (C=O) groups is 1. The van der Waals surface area contributed by atoms with Gasteiger partial charge < -0.3 is 20.7 Å². The minimum Gasteiger partial charge on any atom is -1.00 e. The third kappa shape index (κ3) is 13.8. The number of fused-ring (bicyclic) bond motifs is 2. The average Bonchev–Trinajstić information content (AvgIpc) is 3.60. The number of anilines is 1. The molecule has 3 aromatic carbocycles. The van der Waals surface area contributed by atoms with Crippen molar-refractivity contribution < 1.29 is 111 Å². The Balaban J connectivity index is 0.00000578. The van der Waals surface area contributed by atoms with Crippen molar-refractivity contribution in [1.29, 1.82) is 0 Å². The second-order valence-corrected chi connectivity index (χ2v) is 24.6. The van der Waals surface area contributed by atoms with Crippen molar-refractivity contribution >= 4 is 69.1 Å². The Bertz CT molecular complexity index is 3260.